The lowest BCUT2D eigenvalue weighted by molar-refractivity contribution is 0.521. The van der Waals surface area contributed by atoms with Crippen LogP contribution in [0.1, 0.15) is 32.1 Å². The molecule has 0 unspecified atom stereocenters. The second-order valence-electron chi connectivity index (χ2n) is 4.95. The summed E-state index contributed by atoms with van der Waals surface area (Å²) >= 11 is 5.94. The van der Waals surface area contributed by atoms with Crippen LogP contribution in [-0.4, -0.2) is 14.2 Å². The van der Waals surface area contributed by atoms with E-state index in [0.717, 1.165) is 19.3 Å². The molecule has 2 rings (SSSR count). The molecule has 0 amide bonds. The van der Waals surface area contributed by atoms with E-state index >= 15 is 0 Å². The van der Waals surface area contributed by atoms with E-state index in [1.165, 1.54) is 18.9 Å². The van der Waals surface area contributed by atoms with Crippen molar-refractivity contribution in [2.24, 2.45) is 5.92 Å². The standard InChI is InChI=1S/C13H18ClNO2S/c14-12-6-5-11(15)9-13(12)18(16,17)8-7-10-3-1-2-4-10/h5-6,9-10H,1-4,7-8,15H2. The normalized spacial score (nSPS) is 17.2. The van der Waals surface area contributed by atoms with Crippen molar-refractivity contribution in [3.8, 4) is 0 Å². The first-order valence-corrected chi connectivity index (χ1v) is 8.30. The third kappa shape index (κ3) is 3.18. The number of rotatable bonds is 4. The Morgan fingerprint density at radius 3 is 2.61 bits per heavy atom. The topological polar surface area (TPSA) is 60.2 Å². The van der Waals surface area contributed by atoms with Gasteiger partial charge in [0.05, 0.1) is 15.7 Å². The zero-order valence-electron chi connectivity index (χ0n) is 10.2. The number of hydrogen-bond acceptors (Lipinski definition) is 3. The molecule has 2 N–H and O–H groups in total. The van der Waals surface area contributed by atoms with Crippen LogP contribution in [0.5, 0.6) is 0 Å². The molecular formula is C13H18ClNO2S. The van der Waals surface area contributed by atoms with Crippen molar-refractivity contribution >= 4 is 27.1 Å². The maximum atomic E-state index is 12.2. The molecule has 100 valence electrons. The molecule has 0 atom stereocenters. The molecule has 1 saturated carbocycles. The van der Waals surface area contributed by atoms with Gasteiger partial charge in [0.2, 0.25) is 0 Å². The highest BCUT2D eigenvalue weighted by atomic mass is 35.5. The van der Waals surface area contributed by atoms with E-state index in [9.17, 15) is 8.42 Å². The second-order valence-corrected chi connectivity index (χ2v) is 7.43. The summed E-state index contributed by atoms with van der Waals surface area (Å²) in [6, 6.07) is 4.60. The molecule has 0 bridgehead atoms. The molecule has 1 fully saturated rings. The van der Waals surface area contributed by atoms with Crippen molar-refractivity contribution in [1.29, 1.82) is 0 Å². The lowest BCUT2D eigenvalue weighted by Crippen LogP contribution is -2.11. The predicted molar refractivity (Wildman–Crippen MR) is 74.5 cm³/mol. The molecule has 0 heterocycles. The molecule has 1 aromatic rings. The van der Waals surface area contributed by atoms with Crippen LogP contribution >= 0.6 is 11.6 Å². The molecule has 0 aromatic heterocycles. The Morgan fingerprint density at radius 1 is 1.28 bits per heavy atom. The van der Waals surface area contributed by atoms with Crippen LogP contribution in [0.25, 0.3) is 0 Å². The van der Waals surface area contributed by atoms with Gasteiger partial charge in [0.1, 0.15) is 0 Å². The van der Waals surface area contributed by atoms with Gasteiger partial charge in [-0.15, -0.1) is 0 Å². The van der Waals surface area contributed by atoms with Gasteiger partial charge in [-0.3, -0.25) is 0 Å². The number of hydrogen-bond donors (Lipinski definition) is 1. The van der Waals surface area contributed by atoms with Crippen molar-refractivity contribution in [3.63, 3.8) is 0 Å². The van der Waals surface area contributed by atoms with Gasteiger partial charge in [0.15, 0.2) is 9.84 Å². The van der Waals surface area contributed by atoms with Gasteiger partial charge in [-0.25, -0.2) is 8.42 Å². The molecule has 5 heteroatoms. The Morgan fingerprint density at radius 2 is 1.94 bits per heavy atom. The van der Waals surface area contributed by atoms with Crippen LogP contribution in [0, 0.1) is 5.92 Å². The minimum atomic E-state index is -3.31. The highest BCUT2D eigenvalue weighted by Crippen LogP contribution is 2.30. The largest absolute Gasteiger partial charge is 0.399 e. The quantitative estimate of drug-likeness (QED) is 0.865. The average molecular weight is 288 g/mol. The van der Waals surface area contributed by atoms with Crippen molar-refractivity contribution in [3.05, 3.63) is 23.2 Å². The van der Waals surface area contributed by atoms with E-state index in [4.69, 9.17) is 17.3 Å². The Kier molecular flexibility index (Phi) is 4.17. The van der Waals surface area contributed by atoms with E-state index < -0.39 is 9.84 Å². The first-order valence-electron chi connectivity index (χ1n) is 6.27. The molecule has 0 aliphatic heterocycles. The molecule has 1 aliphatic carbocycles. The molecule has 18 heavy (non-hydrogen) atoms. The van der Waals surface area contributed by atoms with E-state index in [0.29, 0.717) is 11.6 Å². The van der Waals surface area contributed by atoms with Gasteiger partial charge >= 0.3 is 0 Å². The van der Waals surface area contributed by atoms with Crippen LogP contribution in [0.15, 0.2) is 23.1 Å². The zero-order chi connectivity index (χ0) is 13.2. The van der Waals surface area contributed by atoms with E-state index in [1.807, 2.05) is 0 Å². The van der Waals surface area contributed by atoms with Crippen molar-refractivity contribution in [1.82, 2.24) is 0 Å². The number of nitrogen functional groups attached to an aromatic ring is 1. The zero-order valence-corrected chi connectivity index (χ0v) is 11.8. The maximum Gasteiger partial charge on any atom is 0.179 e. The Hall–Kier alpha value is -0.740. The van der Waals surface area contributed by atoms with Gasteiger partial charge in [-0.05, 0) is 30.5 Å². The second kappa shape index (κ2) is 5.49. The summed E-state index contributed by atoms with van der Waals surface area (Å²) < 4.78 is 24.4. The van der Waals surface area contributed by atoms with Crippen LogP contribution in [0.4, 0.5) is 5.69 Å². The van der Waals surface area contributed by atoms with Gasteiger partial charge in [0, 0.05) is 5.69 Å². The molecular weight excluding hydrogens is 270 g/mol. The summed E-state index contributed by atoms with van der Waals surface area (Å²) in [6.07, 6.45) is 5.49. The van der Waals surface area contributed by atoms with E-state index in [2.05, 4.69) is 0 Å². The first-order chi connectivity index (χ1) is 8.49. The Bertz CT molecular complexity index is 522. The number of anilines is 1. The minimum Gasteiger partial charge on any atom is -0.399 e. The summed E-state index contributed by atoms with van der Waals surface area (Å²) in [5, 5.41) is 0.260. The maximum absolute atomic E-state index is 12.2. The smallest absolute Gasteiger partial charge is 0.179 e. The van der Waals surface area contributed by atoms with Gasteiger partial charge in [-0.2, -0.15) is 0 Å². The SMILES string of the molecule is Nc1ccc(Cl)c(S(=O)(=O)CCC2CCCC2)c1. The van der Waals surface area contributed by atoms with Crippen molar-refractivity contribution in [2.75, 3.05) is 11.5 Å². The first kappa shape index (κ1) is 13.7. The fourth-order valence-corrected chi connectivity index (χ4v) is 4.50. The minimum absolute atomic E-state index is 0.167. The molecule has 1 aromatic carbocycles. The van der Waals surface area contributed by atoms with E-state index in [-0.39, 0.29) is 15.7 Å². The number of nitrogens with two attached hydrogens (primary N) is 1. The highest BCUT2D eigenvalue weighted by molar-refractivity contribution is 7.91. The van der Waals surface area contributed by atoms with Crippen LogP contribution < -0.4 is 5.73 Å². The summed E-state index contributed by atoms with van der Waals surface area (Å²) in [4.78, 5) is 0.169. The Labute approximate surface area is 113 Å². The number of sulfone groups is 1. The third-order valence-corrected chi connectivity index (χ3v) is 5.78. The van der Waals surface area contributed by atoms with Crippen molar-refractivity contribution < 1.29 is 8.42 Å². The highest BCUT2D eigenvalue weighted by Gasteiger charge is 2.22. The van der Waals surface area contributed by atoms with Gasteiger partial charge < -0.3 is 5.73 Å². The summed E-state index contributed by atoms with van der Waals surface area (Å²) in [5.41, 5.74) is 6.05. The molecule has 0 radical (unpaired) electrons. The fourth-order valence-electron chi connectivity index (χ4n) is 2.49. The lowest BCUT2D eigenvalue weighted by Gasteiger charge is -2.10. The number of benzene rings is 1. The van der Waals surface area contributed by atoms with Gasteiger partial charge in [0.25, 0.3) is 0 Å². The Balaban J connectivity index is 2.12. The molecule has 0 spiro atoms. The monoisotopic (exact) mass is 287 g/mol. The molecule has 0 saturated heterocycles. The van der Waals surface area contributed by atoms with E-state index in [1.54, 1.807) is 12.1 Å². The van der Waals surface area contributed by atoms with Crippen LogP contribution in [0.2, 0.25) is 5.02 Å². The van der Waals surface area contributed by atoms with Gasteiger partial charge in [-0.1, -0.05) is 37.3 Å². The van der Waals surface area contributed by atoms with Crippen LogP contribution in [0.3, 0.4) is 0 Å². The average Bonchev–Trinajstić information content (AvgIpc) is 2.83. The summed E-state index contributed by atoms with van der Waals surface area (Å²) in [7, 11) is -3.31. The third-order valence-electron chi connectivity index (χ3n) is 3.56. The summed E-state index contributed by atoms with van der Waals surface area (Å²) in [5.74, 6) is 0.723. The van der Waals surface area contributed by atoms with Crippen molar-refractivity contribution in [2.45, 2.75) is 37.0 Å². The fraction of sp³-hybridized carbons (Fsp3) is 0.538. The molecule has 3 nitrogen and oxygen atoms in total. The molecule has 1 aliphatic rings. The lowest BCUT2D eigenvalue weighted by atomic mass is 10.1. The van der Waals surface area contributed by atoms with Crippen LogP contribution in [-0.2, 0) is 9.84 Å². The summed E-state index contributed by atoms with van der Waals surface area (Å²) in [6.45, 7) is 0. The predicted octanol–water partition coefficient (Wildman–Crippen LogP) is 3.28. The number of halogens is 1.